The molecule has 1 aromatic carbocycles. The summed E-state index contributed by atoms with van der Waals surface area (Å²) in [6, 6.07) is 6.57. The topological polar surface area (TPSA) is 15.3 Å². The van der Waals surface area contributed by atoms with E-state index in [0.717, 1.165) is 13.1 Å². The van der Waals surface area contributed by atoms with Crippen molar-refractivity contribution >= 4 is 15.9 Å². The van der Waals surface area contributed by atoms with Gasteiger partial charge in [-0.25, -0.2) is 0 Å². The summed E-state index contributed by atoms with van der Waals surface area (Å²) in [4.78, 5) is 2.54. The predicted octanol–water partition coefficient (Wildman–Crippen LogP) is 2.94. The lowest BCUT2D eigenvalue weighted by Crippen LogP contribution is -2.29. The Morgan fingerprint density at radius 3 is 2.76 bits per heavy atom. The van der Waals surface area contributed by atoms with Crippen LogP contribution in [0.5, 0.6) is 0 Å². The van der Waals surface area contributed by atoms with Crippen molar-refractivity contribution in [2.45, 2.75) is 26.3 Å². The van der Waals surface area contributed by atoms with Gasteiger partial charge in [0.05, 0.1) is 0 Å². The van der Waals surface area contributed by atoms with Crippen LogP contribution in [-0.2, 0) is 6.54 Å². The Morgan fingerprint density at radius 1 is 1.29 bits per heavy atom. The molecule has 94 valence electrons. The molecule has 1 N–H and O–H groups in total. The average Bonchev–Trinajstić information content (AvgIpc) is 2.82. The molecular weight excluding hydrogens is 276 g/mol. The van der Waals surface area contributed by atoms with E-state index in [0.29, 0.717) is 0 Å². The van der Waals surface area contributed by atoms with E-state index < -0.39 is 0 Å². The molecule has 2 nitrogen and oxygen atoms in total. The van der Waals surface area contributed by atoms with Crippen LogP contribution in [-0.4, -0.2) is 31.1 Å². The minimum Gasteiger partial charge on any atom is -0.311 e. The van der Waals surface area contributed by atoms with Crippen LogP contribution < -0.4 is 5.32 Å². The second-order valence-electron chi connectivity index (χ2n) is 4.81. The highest BCUT2D eigenvalue weighted by atomic mass is 79.9. The number of hydrogen-bond donors (Lipinski definition) is 1. The molecule has 0 amide bonds. The molecule has 1 saturated heterocycles. The molecule has 17 heavy (non-hydrogen) atoms. The smallest absolute Gasteiger partial charge is 0.0207 e. The fraction of sp³-hybridized carbons (Fsp3) is 0.571. The number of benzene rings is 1. The van der Waals surface area contributed by atoms with Crippen molar-refractivity contribution < 1.29 is 0 Å². The van der Waals surface area contributed by atoms with Crippen molar-refractivity contribution in [1.82, 2.24) is 10.2 Å². The molecule has 0 atom stereocenters. The summed E-state index contributed by atoms with van der Waals surface area (Å²) in [5.74, 6) is 0. The SMILES string of the molecule is Cc1ccc(CNCCN2CCCC2)cc1Br. The van der Waals surface area contributed by atoms with E-state index in [-0.39, 0.29) is 0 Å². The lowest BCUT2D eigenvalue weighted by Gasteiger charge is -2.14. The first-order valence-corrected chi connectivity index (χ1v) is 7.23. The lowest BCUT2D eigenvalue weighted by molar-refractivity contribution is 0.335. The van der Waals surface area contributed by atoms with Gasteiger partial charge in [0.15, 0.2) is 0 Å². The molecule has 0 spiro atoms. The second kappa shape index (κ2) is 6.53. The minimum atomic E-state index is 0.965. The summed E-state index contributed by atoms with van der Waals surface area (Å²) in [5, 5.41) is 3.51. The fourth-order valence-corrected chi connectivity index (χ4v) is 2.65. The molecule has 2 rings (SSSR count). The van der Waals surface area contributed by atoms with Gasteiger partial charge in [0, 0.05) is 24.1 Å². The first-order valence-electron chi connectivity index (χ1n) is 6.44. The Bertz CT molecular complexity index is 359. The maximum absolute atomic E-state index is 3.57. The van der Waals surface area contributed by atoms with Crippen LogP contribution in [0.2, 0.25) is 0 Å². The van der Waals surface area contributed by atoms with Crippen LogP contribution in [0.15, 0.2) is 22.7 Å². The van der Waals surface area contributed by atoms with Gasteiger partial charge < -0.3 is 10.2 Å². The first kappa shape index (κ1) is 13.1. The predicted molar refractivity (Wildman–Crippen MR) is 76.3 cm³/mol. The molecule has 0 bridgehead atoms. The van der Waals surface area contributed by atoms with Crippen LogP contribution in [0.25, 0.3) is 0 Å². The molecule has 1 aromatic rings. The van der Waals surface area contributed by atoms with E-state index in [2.05, 4.69) is 51.3 Å². The van der Waals surface area contributed by atoms with Crippen LogP contribution in [0.1, 0.15) is 24.0 Å². The fourth-order valence-electron chi connectivity index (χ4n) is 2.22. The van der Waals surface area contributed by atoms with Crippen LogP contribution in [0.3, 0.4) is 0 Å². The number of hydrogen-bond acceptors (Lipinski definition) is 2. The van der Waals surface area contributed by atoms with Gasteiger partial charge in [-0.15, -0.1) is 0 Å². The zero-order valence-corrected chi connectivity index (χ0v) is 12.1. The molecule has 0 saturated carbocycles. The van der Waals surface area contributed by atoms with Gasteiger partial charge in [0.1, 0.15) is 0 Å². The van der Waals surface area contributed by atoms with E-state index >= 15 is 0 Å². The zero-order chi connectivity index (χ0) is 12.1. The van der Waals surface area contributed by atoms with Crippen molar-refractivity contribution in [3.05, 3.63) is 33.8 Å². The van der Waals surface area contributed by atoms with E-state index in [1.807, 2.05) is 0 Å². The molecule has 1 heterocycles. The molecule has 0 radical (unpaired) electrons. The molecular formula is C14H21BrN2. The van der Waals surface area contributed by atoms with Gasteiger partial charge in [-0.05, 0) is 50.0 Å². The normalized spacial score (nSPS) is 16.6. The van der Waals surface area contributed by atoms with Gasteiger partial charge >= 0.3 is 0 Å². The summed E-state index contributed by atoms with van der Waals surface area (Å²) >= 11 is 3.57. The molecule has 0 aromatic heterocycles. The van der Waals surface area contributed by atoms with Crippen molar-refractivity contribution in [3.63, 3.8) is 0 Å². The molecule has 3 heteroatoms. The van der Waals surface area contributed by atoms with E-state index in [1.54, 1.807) is 0 Å². The summed E-state index contributed by atoms with van der Waals surface area (Å²) < 4.78 is 1.20. The first-order chi connectivity index (χ1) is 8.25. The number of nitrogens with zero attached hydrogens (tertiary/aromatic N) is 1. The van der Waals surface area contributed by atoms with Gasteiger partial charge in [0.2, 0.25) is 0 Å². The lowest BCUT2D eigenvalue weighted by atomic mass is 10.1. The number of halogens is 1. The van der Waals surface area contributed by atoms with Gasteiger partial charge in [0.25, 0.3) is 0 Å². The standard InChI is InChI=1S/C14H21BrN2/c1-12-4-5-13(10-14(12)15)11-16-6-9-17-7-2-3-8-17/h4-5,10,16H,2-3,6-9,11H2,1H3. The Labute approximate surface area is 113 Å². The molecule has 1 aliphatic heterocycles. The summed E-state index contributed by atoms with van der Waals surface area (Å²) in [7, 11) is 0. The molecule has 0 unspecified atom stereocenters. The minimum absolute atomic E-state index is 0.965. The van der Waals surface area contributed by atoms with Crippen molar-refractivity contribution in [2.75, 3.05) is 26.2 Å². The van der Waals surface area contributed by atoms with Crippen molar-refractivity contribution in [2.24, 2.45) is 0 Å². The second-order valence-corrected chi connectivity index (χ2v) is 5.66. The van der Waals surface area contributed by atoms with Crippen molar-refractivity contribution in [3.8, 4) is 0 Å². The quantitative estimate of drug-likeness (QED) is 0.841. The summed E-state index contributed by atoms with van der Waals surface area (Å²) in [6.07, 6.45) is 2.76. The number of likely N-dealkylation sites (tertiary alicyclic amines) is 1. The summed E-state index contributed by atoms with van der Waals surface area (Å²) in [5.41, 5.74) is 2.65. The Balaban J connectivity index is 1.68. The maximum Gasteiger partial charge on any atom is 0.0207 e. The monoisotopic (exact) mass is 296 g/mol. The zero-order valence-electron chi connectivity index (χ0n) is 10.5. The highest BCUT2D eigenvalue weighted by molar-refractivity contribution is 9.10. The third-order valence-corrected chi connectivity index (χ3v) is 4.22. The van der Waals surface area contributed by atoms with Crippen LogP contribution in [0.4, 0.5) is 0 Å². The van der Waals surface area contributed by atoms with Crippen LogP contribution >= 0.6 is 15.9 Å². The third-order valence-electron chi connectivity index (χ3n) is 3.37. The molecule has 1 fully saturated rings. The average molecular weight is 297 g/mol. The Kier molecular flexibility index (Phi) is 5.01. The van der Waals surface area contributed by atoms with Crippen molar-refractivity contribution in [1.29, 1.82) is 0 Å². The van der Waals surface area contributed by atoms with E-state index in [9.17, 15) is 0 Å². The van der Waals surface area contributed by atoms with Gasteiger partial charge in [-0.1, -0.05) is 28.1 Å². The third kappa shape index (κ3) is 4.09. The highest BCUT2D eigenvalue weighted by Crippen LogP contribution is 2.17. The van der Waals surface area contributed by atoms with E-state index in [4.69, 9.17) is 0 Å². The van der Waals surface area contributed by atoms with Gasteiger partial charge in [-0.2, -0.15) is 0 Å². The molecule has 0 aliphatic carbocycles. The number of aryl methyl sites for hydroxylation is 1. The van der Waals surface area contributed by atoms with Gasteiger partial charge in [-0.3, -0.25) is 0 Å². The van der Waals surface area contributed by atoms with Crippen LogP contribution in [0, 0.1) is 6.92 Å². The Hall–Kier alpha value is -0.380. The number of rotatable bonds is 5. The summed E-state index contributed by atoms with van der Waals surface area (Å²) in [6.45, 7) is 7.94. The highest BCUT2D eigenvalue weighted by Gasteiger charge is 2.09. The maximum atomic E-state index is 3.57. The molecule has 1 aliphatic rings. The van der Waals surface area contributed by atoms with E-state index in [1.165, 1.54) is 48.1 Å². The number of nitrogens with one attached hydrogen (secondary N) is 1. The Morgan fingerprint density at radius 2 is 2.06 bits per heavy atom. The largest absolute Gasteiger partial charge is 0.311 e.